The Bertz CT molecular complexity index is 534. The van der Waals surface area contributed by atoms with Gasteiger partial charge in [-0.15, -0.1) is 0 Å². The Labute approximate surface area is 109 Å². The van der Waals surface area contributed by atoms with Crippen molar-refractivity contribution in [2.24, 2.45) is 0 Å². The molecule has 19 heavy (non-hydrogen) atoms. The molecule has 0 unspecified atom stereocenters. The number of nitro groups is 1. The predicted molar refractivity (Wildman–Crippen MR) is 66.9 cm³/mol. The smallest absolute Gasteiger partial charge is 0.354 e. The van der Waals surface area contributed by atoms with Crippen LogP contribution >= 0.6 is 0 Å². The molecule has 7 nitrogen and oxygen atoms in total. The number of esters is 1. The van der Waals surface area contributed by atoms with E-state index in [2.05, 4.69) is 10.1 Å². The van der Waals surface area contributed by atoms with Gasteiger partial charge in [0.15, 0.2) is 0 Å². The molecular weight excluding hydrogens is 252 g/mol. The third kappa shape index (κ3) is 4.23. The van der Waals surface area contributed by atoms with E-state index in [0.717, 1.165) is 0 Å². The normalized spacial score (nSPS) is 10.7. The van der Waals surface area contributed by atoms with Crippen molar-refractivity contribution in [2.45, 2.75) is 6.92 Å². The number of amides is 1. The van der Waals surface area contributed by atoms with Crippen LogP contribution in [0.1, 0.15) is 12.5 Å². The van der Waals surface area contributed by atoms with Crippen LogP contribution in [0.15, 0.2) is 30.0 Å². The van der Waals surface area contributed by atoms with Crippen LogP contribution in [-0.4, -0.2) is 23.9 Å². The molecule has 0 atom stereocenters. The van der Waals surface area contributed by atoms with Crippen molar-refractivity contribution in [3.63, 3.8) is 0 Å². The summed E-state index contributed by atoms with van der Waals surface area (Å²) in [6.45, 7) is 1.26. The molecule has 1 N–H and O–H groups in total. The van der Waals surface area contributed by atoms with E-state index in [-0.39, 0.29) is 11.4 Å². The van der Waals surface area contributed by atoms with Gasteiger partial charge in [-0.05, 0) is 23.8 Å². The highest BCUT2D eigenvalue weighted by Crippen LogP contribution is 2.14. The largest absolute Gasteiger partial charge is 0.464 e. The molecule has 0 fully saturated rings. The number of ether oxygens (including phenoxy) is 1. The SMILES string of the molecule is COC(=O)/C(=C\c1ccc([N+](=O)[O-])cc1)NC(C)=O. The number of nitrogens with one attached hydrogen (secondary N) is 1. The monoisotopic (exact) mass is 264 g/mol. The molecule has 1 aromatic carbocycles. The van der Waals surface area contributed by atoms with Crippen molar-refractivity contribution in [3.8, 4) is 0 Å². The van der Waals surface area contributed by atoms with Gasteiger partial charge in [0, 0.05) is 19.1 Å². The summed E-state index contributed by atoms with van der Waals surface area (Å²) in [5.74, 6) is -1.12. The summed E-state index contributed by atoms with van der Waals surface area (Å²) in [4.78, 5) is 32.3. The lowest BCUT2D eigenvalue weighted by atomic mass is 10.1. The van der Waals surface area contributed by atoms with E-state index in [1.54, 1.807) is 0 Å². The second-order valence-corrected chi connectivity index (χ2v) is 3.58. The molecule has 0 aliphatic rings. The number of non-ortho nitro benzene ring substituents is 1. The Balaban J connectivity index is 3.03. The third-order valence-corrected chi connectivity index (χ3v) is 2.13. The molecule has 0 aliphatic heterocycles. The van der Waals surface area contributed by atoms with Crippen molar-refractivity contribution >= 4 is 23.6 Å². The summed E-state index contributed by atoms with van der Waals surface area (Å²) in [5, 5.41) is 12.8. The number of carbonyl (C=O) groups is 2. The lowest BCUT2D eigenvalue weighted by Gasteiger charge is -2.05. The van der Waals surface area contributed by atoms with Gasteiger partial charge in [-0.25, -0.2) is 4.79 Å². The molecule has 0 aliphatic carbocycles. The van der Waals surface area contributed by atoms with Gasteiger partial charge in [-0.3, -0.25) is 14.9 Å². The zero-order valence-electron chi connectivity index (χ0n) is 10.4. The first-order valence-corrected chi connectivity index (χ1v) is 5.26. The van der Waals surface area contributed by atoms with E-state index in [9.17, 15) is 19.7 Å². The highest BCUT2D eigenvalue weighted by molar-refractivity contribution is 5.97. The summed E-state index contributed by atoms with van der Waals surface area (Å²) >= 11 is 0. The first kappa shape index (κ1) is 14.4. The maximum absolute atomic E-state index is 11.4. The second-order valence-electron chi connectivity index (χ2n) is 3.58. The van der Waals surface area contributed by atoms with Gasteiger partial charge in [-0.2, -0.15) is 0 Å². The van der Waals surface area contributed by atoms with E-state index in [1.165, 1.54) is 44.4 Å². The number of benzene rings is 1. The number of rotatable bonds is 4. The maximum atomic E-state index is 11.4. The summed E-state index contributed by atoms with van der Waals surface area (Å²) < 4.78 is 4.52. The minimum atomic E-state index is -0.700. The Morgan fingerprint density at radius 3 is 2.32 bits per heavy atom. The van der Waals surface area contributed by atoms with Gasteiger partial charge in [0.2, 0.25) is 5.91 Å². The fraction of sp³-hybridized carbons (Fsp3) is 0.167. The van der Waals surface area contributed by atoms with Gasteiger partial charge in [-0.1, -0.05) is 0 Å². The average Bonchev–Trinajstić information content (AvgIpc) is 2.37. The van der Waals surface area contributed by atoms with Crippen molar-refractivity contribution in [1.29, 1.82) is 0 Å². The fourth-order valence-corrected chi connectivity index (χ4v) is 1.30. The van der Waals surface area contributed by atoms with Gasteiger partial charge in [0.05, 0.1) is 12.0 Å². The second kappa shape index (κ2) is 6.29. The quantitative estimate of drug-likeness (QED) is 0.382. The van der Waals surface area contributed by atoms with Crippen molar-refractivity contribution < 1.29 is 19.2 Å². The first-order chi connectivity index (χ1) is 8.93. The molecule has 0 spiro atoms. The van der Waals surface area contributed by atoms with Crippen LogP contribution in [-0.2, 0) is 14.3 Å². The number of methoxy groups -OCH3 is 1. The lowest BCUT2D eigenvalue weighted by molar-refractivity contribution is -0.384. The predicted octanol–water partition coefficient (Wildman–Crippen LogP) is 1.24. The van der Waals surface area contributed by atoms with E-state index in [0.29, 0.717) is 5.56 Å². The van der Waals surface area contributed by atoms with Gasteiger partial charge in [0.25, 0.3) is 5.69 Å². The number of nitrogens with zero attached hydrogens (tertiary/aromatic N) is 1. The molecule has 7 heteroatoms. The fourth-order valence-electron chi connectivity index (χ4n) is 1.30. The standard InChI is InChI=1S/C12H12N2O5/c1-8(15)13-11(12(16)19-2)7-9-3-5-10(6-4-9)14(17)18/h3-7H,1-2H3,(H,13,15)/b11-7+. The number of carbonyl (C=O) groups excluding carboxylic acids is 2. The summed E-state index contributed by atoms with van der Waals surface area (Å²) in [6, 6.07) is 5.52. The number of hydrogen-bond acceptors (Lipinski definition) is 5. The lowest BCUT2D eigenvalue weighted by Crippen LogP contribution is -2.25. The molecule has 0 bridgehead atoms. The van der Waals surface area contributed by atoms with Crippen LogP contribution in [0.4, 0.5) is 5.69 Å². The minimum absolute atomic E-state index is 0.0381. The highest BCUT2D eigenvalue weighted by atomic mass is 16.6. The first-order valence-electron chi connectivity index (χ1n) is 5.26. The summed E-state index contributed by atoms with van der Waals surface area (Å²) in [5.41, 5.74) is 0.430. The highest BCUT2D eigenvalue weighted by Gasteiger charge is 2.11. The molecule has 1 amide bonds. The molecule has 1 rings (SSSR count). The van der Waals surface area contributed by atoms with Crippen LogP contribution in [0.3, 0.4) is 0 Å². The topological polar surface area (TPSA) is 98.5 Å². The summed E-state index contributed by atoms with van der Waals surface area (Å²) in [7, 11) is 1.19. The van der Waals surface area contributed by atoms with Crippen molar-refractivity contribution in [3.05, 3.63) is 45.6 Å². The number of hydrogen-bond donors (Lipinski definition) is 1. The van der Waals surface area contributed by atoms with Crippen LogP contribution < -0.4 is 5.32 Å². The molecule has 0 saturated heterocycles. The summed E-state index contributed by atoms with van der Waals surface area (Å²) in [6.07, 6.45) is 1.37. The molecule has 1 aromatic rings. The van der Waals surface area contributed by atoms with Gasteiger partial charge >= 0.3 is 5.97 Å². The Hall–Kier alpha value is -2.70. The van der Waals surface area contributed by atoms with Crippen molar-refractivity contribution in [2.75, 3.05) is 7.11 Å². The van der Waals surface area contributed by atoms with Crippen LogP contribution in [0, 0.1) is 10.1 Å². The van der Waals surface area contributed by atoms with Gasteiger partial charge < -0.3 is 10.1 Å². The van der Waals surface area contributed by atoms with E-state index in [4.69, 9.17) is 0 Å². The Kier molecular flexibility index (Phi) is 4.76. The minimum Gasteiger partial charge on any atom is -0.464 e. The Morgan fingerprint density at radius 1 is 1.32 bits per heavy atom. The van der Waals surface area contributed by atoms with E-state index >= 15 is 0 Å². The molecule has 100 valence electrons. The van der Waals surface area contributed by atoms with Gasteiger partial charge in [0.1, 0.15) is 5.70 Å². The molecule has 0 radical (unpaired) electrons. The molecule has 0 saturated carbocycles. The molecular formula is C12H12N2O5. The number of nitro benzene ring substituents is 1. The Morgan fingerprint density at radius 2 is 1.89 bits per heavy atom. The van der Waals surface area contributed by atoms with Crippen LogP contribution in [0.2, 0.25) is 0 Å². The van der Waals surface area contributed by atoms with E-state index in [1.807, 2.05) is 0 Å². The maximum Gasteiger partial charge on any atom is 0.354 e. The molecule has 0 heterocycles. The third-order valence-electron chi connectivity index (χ3n) is 2.13. The zero-order valence-corrected chi connectivity index (χ0v) is 10.4. The van der Waals surface area contributed by atoms with Crippen LogP contribution in [0.25, 0.3) is 6.08 Å². The van der Waals surface area contributed by atoms with E-state index < -0.39 is 16.8 Å². The zero-order chi connectivity index (χ0) is 14.4. The molecule has 0 aromatic heterocycles. The van der Waals surface area contributed by atoms with Crippen molar-refractivity contribution in [1.82, 2.24) is 5.32 Å². The average molecular weight is 264 g/mol. The van der Waals surface area contributed by atoms with Crippen LogP contribution in [0.5, 0.6) is 0 Å².